The summed E-state index contributed by atoms with van der Waals surface area (Å²) in [5, 5.41) is 0. The topological polar surface area (TPSA) is 40.6 Å². The van der Waals surface area contributed by atoms with Crippen LogP contribution in [-0.2, 0) is 11.2 Å². The molecule has 0 bridgehead atoms. The lowest BCUT2D eigenvalue weighted by Crippen LogP contribution is -2.42. The SMILES string of the molecule is Cc1ccc(Cc2ccccc2C(=O)N2C[C@H]3CCN(C)C(=O)[C@H]3C2)cc1. The molecule has 0 unspecified atom stereocenters. The number of piperidine rings is 1. The Bertz CT molecular complexity index is 859. The van der Waals surface area contributed by atoms with Crippen LogP contribution in [0.2, 0.25) is 0 Å². The lowest BCUT2D eigenvalue weighted by molar-refractivity contribution is -0.137. The van der Waals surface area contributed by atoms with Crippen molar-refractivity contribution in [1.82, 2.24) is 9.80 Å². The molecule has 27 heavy (non-hydrogen) atoms. The predicted molar refractivity (Wildman–Crippen MR) is 106 cm³/mol. The van der Waals surface area contributed by atoms with E-state index >= 15 is 0 Å². The molecule has 0 radical (unpaired) electrons. The van der Waals surface area contributed by atoms with Gasteiger partial charge in [0.2, 0.25) is 5.91 Å². The first-order valence-corrected chi connectivity index (χ1v) is 9.70. The number of likely N-dealkylation sites (tertiary alicyclic amines) is 2. The van der Waals surface area contributed by atoms with Crippen LogP contribution in [0.4, 0.5) is 0 Å². The van der Waals surface area contributed by atoms with E-state index in [1.165, 1.54) is 11.1 Å². The number of benzene rings is 2. The van der Waals surface area contributed by atoms with Gasteiger partial charge in [-0.15, -0.1) is 0 Å². The van der Waals surface area contributed by atoms with E-state index in [2.05, 4.69) is 31.2 Å². The Morgan fingerprint density at radius 2 is 1.81 bits per heavy atom. The number of aryl methyl sites for hydroxylation is 1. The Kier molecular flexibility index (Phi) is 4.73. The van der Waals surface area contributed by atoms with Crippen molar-refractivity contribution >= 4 is 11.8 Å². The molecule has 0 spiro atoms. The first-order chi connectivity index (χ1) is 13.0. The maximum atomic E-state index is 13.2. The van der Waals surface area contributed by atoms with Crippen LogP contribution in [0, 0.1) is 18.8 Å². The van der Waals surface area contributed by atoms with E-state index in [9.17, 15) is 9.59 Å². The Balaban J connectivity index is 1.54. The Morgan fingerprint density at radius 3 is 2.59 bits per heavy atom. The van der Waals surface area contributed by atoms with Gasteiger partial charge in [-0.3, -0.25) is 9.59 Å². The minimum absolute atomic E-state index is 0.0306. The first-order valence-electron chi connectivity index (χ1n) is 9.70. The number of hydrogen-bond acceptors (Lipinski definition) is 2. The number of carbonyl (C=O) groups excluding carboxylic acids is 2. The highest BCUT2D eigenvalue weighted by molar-refractivity contribution is 5.96. The molecular weight excluding hydrogens is 336 g/mol. The van der Waals surface area contributed by atoms with Crippen LogP contribution in [0.1, 0.15) is 33.5 Å². The molecule has 2 heterocycles. The third-order valence-corrected chi connectivity index (χ3v) is 6.02. The van der Waals surface area contributed by atoms with Gasteiger partial charge >= 0.3 is 0 Å². The molecule has 2 aliphatic heterocycles. The fourth-order valence-electron chi connectivity index (χ4n) is 4.34. The normalized spacial score (nSPS) is 22.1. The summed E-state index contributed by atoms with van der Waals surface area (Å²) in [5.41, 5.74) is 4.24. The largest absolute Gasteiger partial charge is 0.345 e. The minimum atomic E-state index is -0.0306. The summed E-state index contributed by atoms with van der Waals surface area (Å²) in [7, 11) is 1.86. The van der Waals surface area contributed by atoms with E-state index in [0.29, 0.717) is 19.0 Å². The third-order valence-electron chi connectivity index (χ3n) is 6.02. The molecule has 2 saturated heterocycles. The summed E-state index contributed by atoms with van der Waals surface area (Å²) >= 11 is 0. The van der Waals surface area contributed by atoms with E-state index in [4.69, 9.17) is 0 Å². The zero-order chi connectivity index (χ0) is 19.0. The highest BCUT2D eigenvalue weighted by atomic mass is 16.2. The van der Waals surface area contributed by atoms with Crippen molar-refractivity contribution in [1.29, 1.82) is 0 Å². The van der Waals surface area contributed by atoms with Gasteiger partial charge in [0.1, 0.15) is 0 Å². The summed E-state index contributed by atoms with van der Waals surface area (Å²) in [6.07, 6.45) is 1.73. The van der Waals surface area contributed by atoms with Gasteiger partial charge < -0.3 is 9.80 Å². The summed E-state index contributed by atoms with van der Waals surface area (Å²) in [6.45, 7) is 4.12. The fraction of sp³-hybridized carbons (Fsp3) is 0.391. The van der Waals surface area contributed by atoms with Gasteiger partial charge in [-0.2, -0.15) is 0 Å². The van der Waals surface area contributed by atoms with Crippen LogP contribution < -0.4 is 0 Å². The average molecular weight is 362 g/mol. The van der Waals surface area contributed by atoms with Crippen molar-refractivity contribution in [3.63, 3.8) is 0 Å². The Hall–Kier alpha value is -2.62. The number of nitrogens with zero attached hydrogens (tertiary/aromatic N) is 2. The molecule has 2 aromatic carbocycles. The summed E-state index contributed by atoms with van der Waals surface area (Å²) in [4.78, 5) is 29.4. The zero-order valence-corrected chi connectivity index (χ0v) is 16.0. The molecule has 2 amide bonds. The van der Waals surface area contributed by atoms with Crippen LogP contribution >= 0.6 is 0 Å². The maximum Gasteiger partial charge on any atom is 0.254 e. The quantitative estimate of drug-likeness (QED) is 0.842. The molecule has 4 nitrogen and oxygen atoms in total. The predicted octanol–water partition coefficient (Wildman–Crippen LogP) is 3.14. The third kappa shape index (κ3) is 3.48. The lowest BCUT2D eigenvalue weighted by atomic mass is 9.88. The monoisotopic (exact) mass is 362 g/mol. The highest BCUT2D eigenvalue weighted by Gasteiger charge is 2.43. The fourth-order valence-corrected chi connectivity index (χ4v) is 4.34. The second kappa shape index (κ2) is 7.18. The molecule has 0 N–H and O–H groups in total. The van der Waals surface area contributed by atoms with Crippen molar-refractivity contribution < 1.29 is 9.59 Å². The molecule has 4 heteroatoms. The molecule has 0 saturated carbocycles. The van der Waals surface area contributed by atoms with Crippen LogP contribution in [0.15, 0.2) is 48.5 Å². The van der Waals surface area contributed by atoms with E-state index in [-0.39, 0.29) is 17.7 Å². The Labute approximate surface area is 160 Å². The van der Waals surface area contributed by atoms with Crippen LogP contribution in [0.25, 0.3) is 0 Å². The van der Waals surface area contributed by atoms with E-state index < -0.39 is 0 Å². The van der Waals surface area contributed by atoms with Crippen molar-refractivity contribution in [2.75, 3.05) is 26.7 Å². The molecule has 140 valence electrons. The molecule has 0 aliphatic carbocycles. The van der Waals surface area contributed by atoms with Gasteiger partial charge in [0.15, 0.2) is 0 Å². The van der Waals surface area contributed by atoms with Gasteiger partial charge in [-0.05, 0) is 42.9 Å². The Morgan fingerprint density at radius 1 is 1.07 bits per heavy atom. The molecule has 2 atom stereocenters. The molecule has 0 aromatic heterocycles. The van der Waals surface area contributed by atoms with Crippen molar-refractivity contribution in [3.8, 4) is 0 Å². The number of hydrogen-bond donors (Lipinski definition) is 0. The second-order valence-electron chi connectivity index (χ2n) is 7.94. The number of rotatable bonds is 3. The van der Waals surface area contributed by atoms with Gasteiger partial charge in [-0.25, -0.2) is 0 Å². The molecule has 2 aliphatic rings. The van der Waals surface area contributed by atoms with Crippen molar-refractivity contribution in [2.24, 2.45) is 11.8 Å². The average Bonchev–Trinajstić information content (AvgIpc) is 3.12. The van der Waals surface area contributed by atoms with Crippen molar-refractivity contribution in [3.05, 3.63) is 70.8 Å². The van der Waals surface area contributed by atoms with Gasteiger partial charge in [0, 0.05) is 32.2 Å². The van der Waals surface area contributed by atoms with Crippen LogP contribution in [-0.4, -0.2) is 48.3 Å². The van der Waals surface area contributed by atoms with Crippen LogP contribution in [0.3, 0.4) is 0 Å². The molecular formula is C23H26N2O2. The van der Waals surface area contributed by atoms with E-state index in [0.717, 1.165) is 30.5 Å². The first kappa shape index (κ1) is 17.8. The van der Waals surface area contributed by atoms with Crippen LogP contribution in [0.5, 0.6) is 0 Å². The minimum Gasteiger partial charge on any atom is -0.345 e. The van der Waals surface area contributed by atoms with Gasteiger partial charge in [0.05, 0.1) is 5.92 Å². The molecule has 4 rings (SSSR count). The summed E-state index contributed by atoms with van der Waals surface area (Å²) in [5.74, 6) is 0.524. The summed E-state index contributed by atoms with van der Waals surface area (Å²) in [6, 6.07) is 16.3. The van der Waals surface area contributed by atoms with E-state index in [1.54, 1.807) is 4.90 Å². The van der Waals surface area contributed by atoms with Gasteiger partial charge in [0.25, 0.3) is 5.91 Å². The number of amides is 2. The lowest BCUT2D eigenvalue weighted by Gasteiger charge is -2.30. The highest BCUT2D eigenvalue weighted by Crippen LogP contribution is 2.32. The molecule has 2 aromatic rings. The number of carbonyl (C=O) groups is 2. The standard InChI is InChI=1S/C23H26N2O2/c1-16-7-9-17(10-8-16)13-18-5-3-4-6-20(18)23(27)25-14-19-11-12-24(2)22(26)21(19)15-25/h3-10,19,21H,11-15H2,1-2H3/t19-,21+/m1/s1. The van der Waals surface area contributed by atoms with E-state index in [1.807, 2.05) is 36.2 Å². The smallest absolute Gasteiger partial charge is 0.254 e. The number of fused-ring (bicyclic) bond motifs is 1. The van der Waals surface area contributed by atoms with Gasteiger partial charge in [-0.1, -0.05) is 48.0 Å². The molecule has 2 fully saturated rings. The second-order valence-corrected chi connectivity index (χ2v) is 7.94. The zero-order valence-electron chi connectivity index (χ0n) is 16.0. The van der Waals surface area contributed by atoms with Crippen molar-refractivity contribution in [2.45, 2.75) is 19.8 Å². The summed E-state index contributed by atoms with van der Waals surface area (Å²) < 4.78 is 0. The maximum absolute atomic E-state index is 13.2.